The molecule has 0 saturated carbocycles. The summed E-state index contributed by atoms with van der Waals surface area (Å²) in [5.41, 5.74) is 7.03. The molecule has 1 aromatic rings. The van der Waals surface area contributed by atoms with Crippen molar-refractivity contribution >= 4 is 11.9 Å². The minimum absolute atomic E-state index is 0.0103. The summed E-state index contributed by atoms with van der Waals surface area (Å²) >= 11 is 0. The van der Waals surface area contributed by atoms with Crippen LogP contribution in [0.3, 0.4) is 0 Å². The summed E-state index contributed by atoms with van der Waals surface area (Å²) in [6, 6.07) is 9.50. The van der Waals surface area contributed by atoms with E-state index in [0.717, 1.165) is 5.56 Å². The predicted molar refractivity (Wildman–Crippen MR) is 70.3 cm³/mol. The van der Waals surface area contributed by atoms with Crippen LogP contribution in [-0.4, -0.2) is 35.0 Å². The van der Waals surface area contributed by atoms with Crippen LogP contribution in [0.1, 0.15) is 24.4 Å². The number of aliphatic carboxylic acids is 1. The third kappa shape index (κ3) is 3.32. The molecule has 1 aromatic carbocycles. The molecule has 1 heterocycles. The van der Waals surface area contributed by atoms with E-state index in [-0.39, 0.29) is 11.9 Å². The van der Waals surface area contributed by atoms with E-state index in [4.69, 9.17) is 10.8 Å². The second-order valence-electron chi connectivity index (χ2n) is 4.89. The van der Waals surface area contributed by atoms with Crippen LogP contribution in [0.2, 0.25) is 0 Å². The average molecular weight is 262 g/mol. The maximum atomic E-state index is 11.8. The van der Waals surface area contributed by atoms with Crippen LogP contribution in [0.15, 0.2) is 30.3 Å². The van der Waals surface area contributed by atoms with Crippen LogP contribution in [0.5, 0.6) is 0 Å². The number of hydrogen-bond acceptors (Lipinski definition) is 3. The normalized spacial score (nSPS) is 16.8. The zero-order chi connectivity index (χ0) is 13.8. The standard InChI is InChI=1S/C14H18N2O3/c15-12(10-4-2-1-3-5-10)6-7-13(17)16-8-11(9-16)14(18)19/h1-5,11-12H,6-9,15H2,(H,18,19). The molecular formula is C14H18N2O3. The predicted octanol–water partition coefficient (Wildman–Crippen LogP) is 1.01. The molecule has 0 spiro atoms. The zero-order valence-corrected chi connectivity index (χ0v) is 10.7. The number of amides is 1. The van der Waals surface area contributed by atoms with E-state index >= 15 is 0 Å². The molecular weight excluding hydrogens is 244 g/mol. The molecule has 1 aliphatic heterocycles. The molecule has 19 heavy (non-hydrogen) atoms. The molecule has 1 saturated heterocycles. The number of carbonyl (C=O) groups is 2. The van der Waals surface area contributed by atoms with Gasteiger partial charge in [0.2, 0.25) is 5.91 Å². The van der Waals surface area contributed by atoms with Gasteiger partial charge in [0.05, 0.1) is 5.92 Å². The smallest absolute Gasteiger partial charge is 0.310 e. The van der Waals surface area contributed by atoms with E-state index in [1.165, 1.54) is 0 Å². The Morgan fingerprint density at radius 3 is 2.53 bits per heavy atom. The van der Waals surface area contributed by atoms with Gasteiger partial charge in [-0.25, -0.2) is 0 Å². The van der Waals surface area contributed by atoms with E-state index in [2.05, 4.69) is 0 Å². The Balaban J connectivity index is 1.74. The molecule has 3 N–H and O–H groups in total. The van der Waals surface area contributed by atoms with Crippen LogP contribution in [0.4, 0.5) is 0 Å². The molecule has 0 bridgehead atoms. The van der Waals surface area contributed by atoms with Gasteiger partial charge in [-0.1, -0.05) is 30.3 Å². The number of carboxylic acids is 1. The SMILES string of the molecule is NC(CCC(=O)N1CC(C(=O)O)C1)c1ccccc1. The maximum absolute atomic E-state index is 11.8. The second-order valence-corrected chi connectivity index (χ2v) is 4.89. The molecule has 102 valence electrons. The lowest BCUT2D eigenvalue weighted by Crippen LogP contribution is -2.53. The first-order valence-electron chi connectivity index (χ1n) is 6.39. The Hall–Kier alpha value is -1.88. The quantitative estimate of drug-likeness (QED) is 0.829. The first-order valence-corrected chi connectivity index (χ1v) is 6.39. The highest BCUT2D eigenvalue weighted by Gasteiger charge is 2.35. The highest BCUT2D eigenvalue weighted by Crippen LogP contribution is 2.20. The largest absolute Gasteiger partial charge is 0.481 e. The van der Waals surface area contributed by atoms with Crippen molar-refractivity contribution in [1.82, 2.24) is 4.90 Å². The van der Waals surface area contributed by atoms with Crippen LogP contribution in [0.25, 0.3) is 0 Å². The number of nitrogens with two attached hydrogens (primary N) is 1. The van der Waals surface area contributed by atoms with Gasteiger partial charge in [-0.05, 0) is 12.0 Å². The Morgan fingerprint density at radius 2 is 1.95 bits per heavy atom. The molecule has 1 fully saturated rings. The summed E-state index contributed by atoms with van der Waals surface area (Å²) in [6.45, 7) is 0.656. The van der Waals surface area contributed by atoms with Gasteiger partial charge in [0, 0.05) is 25.6 Å². The van der Waals surface area contributed by atoms with Crippen LogP contribution in [0, 0.1) is 5.92 Å². The molecule has 1 atom stereocenters. The van der Waals surface area contributed by atoms with Crippen LogP contribution < -0.4 is 5.73 Å². The zero-order valence-electron chi connectivity index (χ0n) is 10.7. The third-order valence-corrected chi connectivity index (χ3v) is 3.48. The molecule has 1 aliphatic rings. The van der Waals surface area contributed by atoms with Gasteiger partial charge in [0.15, 0.2) is 0 Å². The fourth-order valence-corrected chi connectivity index (χ4v) is 2.14. The molecule has 0 aromatic heterocycles. The van der Waals surface area contributed by atoms with Crippen molar-refractivity contribution in [1.29, 1.82) is 0 Å². The molecule has 1 unspecified atom stereocenters. The highest BCUT2D eigenvalue weighted by atomic mass is 16.4. The van der Waals surface area contributed by atoms with Crippen molar-refractivity contribution in [3.8, 4) is 0 Å². The summed E-state index contributed by atoms with van der Waals surface area (Å²) in [7, 11) is 0. The lowest BCUT2D eigenvalue weighted by atomic mass is 9.98. The molecule has 5 heteroatoms. The summed E-state index contributed by atoms with van der Waals surface area (Å²) in [6.07, 6.45) is 0.944. The number of likely N-dealkylation sites (tertiary alicyclic amines) is 1. The van der Waals surface area contributed by atoms with Crippen molar-refractivity contribution in [3.05, 3.63) is 35.9 Å². The molecule has 0 radical (unpaired) electrons. The molecule has 2 rings (SSSR count). The van der Waals surface area contributed by atoms with Crippen molar-refractivity contribution in [2.24, 2.45) is 11.7 Å². The Bertz CT molecular complexity index is 455. The van der Waals surface area contributed by atoms with Gasteiger partial charge < -0.3 is 15.7 Å². The van der Waals surface area contributed by atoms with E-state index in [9.17, 15) is 9.59 Å². The van der Waals surface area contributed by atoms with Crippen molar-refractivity contribution in [3.63, 3.8) is 0 Å². The van der Waals surface area contributed by atoms with Gasteiger partial charge in [-0.3, -0.25) is 9.59 Å². The van der Waals surface area contributed by atoms with Crippen molar-refractivity contribution < 1.29 is 14.7 Å². The third-order valence-electron chi connectivity index (χ3n) is 3.48. The van der Waals surface area contributed by atoms with Gasteiger partial charge >= 0.3 is 5.97 Å². The molecule has 5 nitrogen and oxygen atoms in total. The number of carboxylic acid groups (broad SMARTS) is 1. The fraction of sp³-hybridized carbons (Fsp3) is 0.429. The lowest BCUT2D eigenvalue weighted by molar-refractivity contribution is -0.152. The first-order chi connectivity index (χ1) is 9.08. The van der Waals surface area contributed by atoms with Gasteiger partial charge in [-0.2, -0.15) is 0 Å². The van der Waals surface area contributed by atoms with Gasteiger partial charge in [-0.15, -0.1) is 0 Å². The van der Waals surface area contributed by atoms with Crippen molar-refractivity contribution in [2.45, 2.75) is 18.9 Å². The van der Waals surface area contributed by atoms with E-state index in [1.54, 1.807) is 4.90 Å². The topological polar surface area (TPSA) is 83.6 Å². The summed E-state index contributed by atoms with van der Waals surface area (Å²) in [5.74, 6) is -1.24. The average Bonchev–Trinajstić information content (AvgIpc) is 2.34. The number of carbonyl (C=O) groups excluding carboxylic acids is 1. The van der Waals surface area contributed by atoms with Gasteiger partial charge in [0.25, 0.3) is 0 Å². The van der Waals surface area contributed by atoms with E-state index < -0.39 is 11.9 Å². The Labute approximate surface area is 112 Å². The number of hydrogen-bond donors (Lipinski definition) is 2. The summed E-state index contributed by atoms with van der Waals surface area (Å²) in [5, 5.41) is 8.74. The van der Waals surface area contributed by atoms with Crippen LogP contribution >= 0.6 is 0 Å². The van der Waals surface area contributed by atoms with Crippen molar-refractivity contribution in [2.75, 3.05) is 13.1 Å². The first kappa shape index (κ1) is 13.5. The van der Waals surface area contributed by atoms with E-state index in [1.807, 2.05) is 30.3 Å². The highest BCUT2D eigenvalue weighted by molar-refractivity contribution is 5.80. The monoisotopic (exact) mass is 262 g/mol. The Kier molecular flexibility index (Phi) is 4.16. The Morgan fingerprint density at radius 1 is 1.32 bits per heavy atom. The lowest BCUT2D eigenvalue weighted by Gasteiger charge is -2.36. The number of rotatable bonds is 5. The second kappa shape index (κ2) is 5.84. The fourth-order valence-electron chi connectivity index (χ4n) is 2.14. The molecule has 1 amide bonds. The van der Waals surface area contributed by atoms with Gasteiger partial charge in [0.1, 0.15) is 0 Å². The minimum atomic E-state index is -0.829. The van der Waals surface area contributed by atoms with Crippen LogP contribution in [-0.2, 0) is 9.59 Å². The summed E-state index contributed by atoms with van der Waals surface area (Å²) < 4.78 is 0. The number of benzene rings is 1. The minimum Gasteiger partial charge on any atom is -0.481 e. The molecule has 0 aliphatic carbocycles. The van der Waals surface area contributed by atoms with E-state index in [0.29, 0.717) is 25.9 Å². The summed E-state index contributed by atoms with van der Waals surface area (Å²) in [4.78, 5) is 24.0. The maximum Gasteiger partial charge on any atom is 0.310 e. The number of nitrogens with zero attached hydrogens (tertiary/aromatic N) is 1.